The normalized spacial score (nSPS) is 13.3. The SMILES string of the molecule is Cc1cnc(C(C)NS(=O)(=O)Cc2cccc(CO)c2)o1. The van der Waals surface area contributed by atoms with Crippen molar-refractivity contribution in [1.29, 1.82) is 0 Å². The maximum atomic E-state index is 12.1. The van der Waals surface area contributed by atoms with Crippen LogP contribution in [0.1, 0.15) is 35.7 Å². The zero-order valence-corrected chi connectivity index (χ0v) is 12.7. The molecule has 7 heteroatoms. The number of nitrogens with one attached hydrogen (secondary N) is 1. The summed E-state index contributed by atoms with van der Waals surface area (Å²) in [5.41, 5.74) is 1.30. The summed E-state index contributed by atoms with van der Waals surface area (Å²) in [5.74, 6) is 0.803. The van der Waals surface area contributed by atoms with Gasteiger partial charge in [-0.25, -0.2) is 18.1 Å². The lowest BCUT2D eigenvalue weighted by Crippen LogP contribution is -2.28. The first-order chi connectivity index (χ1) is 9.89. The molecule has 1 aromatic heterocycles. The second kappa shape index (κ2) is 6.38. The van der Waals surface area contributed by atoms with E-state index in [1.807, 2.05) is 0 Å². The number of nitrogens with zero attached hydrogens (tertiary/aromatic N) is 1. The molecule has 1 aromatic carbocycles. The number of hydrogen-bond acceptors (Lipinski definition) is 5. The van der Waals surface area contributed by atoms with E-state index in [9.17, 15) is 8.42 Å². The fourth-order valence-electron chi connectivity index (χ4n) is 1.97. The van der Waals surface area contributed by atoms with E-state index < -0.39 is 16.1 Å². The third kappa shape index (κ3) is 4.38. The van der Waals surface area contributed by atoms with Gasteiger partial charge in [0.25, 0.3) is 0 Å². The molecule has 114 valence electrons. The summed E-state index contributed by atoms with van der Waals surface area (Å²) < 4.78 is 32.1. The van der Waals surface area contributed by atoms with Crippen molar-refractivity contribution in [3.05, 3.63) is 53.2 Å². The molecule has 0 amide bonds. The van der Waals surface area contributed by atoms with Crippen LogP contribution in [0.2, 0.25) is 0 Å². The smallest absolute Gasteiger partial charge is 0.216 e. The lowest BCUT2D eigenvalue weighted by Gasteiger charge is -2.11. The van der Waals surface area contributed by atoms with Gasteiger partial charge in [-0.2, -0.15) is 0 Å². The van der Waals surface area contributed by atoms with Crippen LogP contribution in [-0.4, -0.2) is 18.5 Å². The monoisotopic (exact) mass is 310 g/mol. The van der Waals surface area contributed by atoms with Crippen molar-refractivity contribution in [2.24, 2.45) is 0 Å². The van der Waals surface area contributed by atoms with E-state index >= 15 is 0 Å². The van der Waals surface area contributed by atoms with Crippen LogP contribution in [0.15, 0.2) is 34.9 Å². The van der Waals surface area contributed by atoms with Crippen molar-refractivity contribution in [3.8, 4) is 0 Å². The summed E-state index contributed by atoms with van der Waals surface area (Å²) >= 11 is 0. The van der Waals surface area contributed by atoms with Crippen LogP contribution in [-0.2, 0) is 22.4 Å². The largest absolute Gasteiger partial charge is 0.444 e. The lowest BCUT2D eigenvalue weighted by atomic mass is 10.1. The Kier molecular flexibility index (Phi) is 4.76. The van der Waals surface area contributed by atoms with Gasteiger partial charge >= 0.3 is 0 Å². The molecule has 1 unspecified atom stereocenters. The Morgan fingerprint density at radius 1 is 1.38 bits per heavy atom. The van der Waals surface area contributed by atoms with E-state index in [1.54, 1.807) is 44.3 Å². The first-order valence-electron chi connectivity index (χ1n) is 6.50. The highest BCUT2D eigenvalue weighted by Crippen LogP contribution is 2.15. The Morgan fingerprint density at radius 3 is 2.71 bits per heavy atom. The molecular weight excluding hydrogens is 292 g/mol. The van der Waals surface area contributed by atoms with Crippen LogP contribution in [0.5, 0.6) is 0 Å². The predicted octanol–water partition coefficient (Wildman–Crippen LogP) is 1.66. The van der Waals surface area contributed by atoms with Crippen molar-refractivity contribution < 1.29 is 17.9 Å². The predicted molar refractivity (Wildman–Crippen MR) is 77.8 cm³/mol. The zero-order valence-electron chi connectivity index (χ0n) is 11.9. The molecule has 0 spiro atoms. The summed E-state index contributed by atoms with van der Waals surface area (Å²) in [5, 5.41) is 9.07. The molecule has 6 nitrogen and oxygen atoms in total. The number of hydrogen-bond donors (Lipinski definition) is 2. The summed E-state index contributed by atoms with van der Waals surface area (Å²) in [6, 6.07) is 6.29. The van der Waals surface area contributed by atoms with Gasteiger partial charge in [0, 0.05) is 0 Å². The molecule has 0 radical (unpaired) electrons. The van der Waals surface area contributed by atoms with Gasteiger partial charge in [0.1, 0.15) is 5.76 Å². The molecule has 2 N–H and O–H groups in total. The Balaban J connectivity index is 2.07. The standard InChI is InChI=1S/C14H18N2O4S/c1-10-7-15-14(20-10)11(2)16-21(18,19)9-13-5-3-4-12(6-13)8-17/h3-7,11,16-17H,8-9H2,1-2H3. The van der Waals surface area contributed by atoms with Gasteiger partial charge in [0.05, 0.1) is 24.6 Å². The molecule has 0 aliphatic rings. The highest BCUT2D eigenvalue weighted by atomic mass is 32.2. The highest BCUT2D eigenvalue weighted by Gasteiger charge is 2.19. The average molecular weight is 310 g/mol. The third-order valence-electron chi connectivity index (χ3n) is 2.90. The Morgan fingerprint density at radius 2 is 2.10 bits per heavy atom. The van der Waals surface area contributed by atoms with E-state index in [-0.39, 0.29) is 12.4 Å². The zero-order chi connectivity index (χ0) is 15.5. The molecule has 0 saturated carbocycles. The van der Waals surface area contributed by atoms with Crippen LogP contribution in [0.3, 0.4) is 0 Å². The lowest BCUT2D eigenvalue weighted by molar-refractivity contribution is 0.282. The summed E-state index contributed by atoms with van der Waals surface area (Å²) in [7, 11) is -3.53. The van der Waals surface area contributed by atoms with Gasteiger partial charge < -0.3 is 9.52 Å². The molecule has 0 saturated heterocycles. The number of aliphatic hydroxyl groups is 1. The van der Waals surface area contributed by atoms with E-state index in [0.29, 0.717) is 22.8 Å². The maximum Gasteiger partial charge on any atom is 0.216 e. The van der Waals surface area contributed by atoms with Gasteiger partial charge in [-0.1, -0.05) is 24.3 Å². The minimum absolute atomic E-state index is 0.118. The first kappa shape index (κ1) is 15.7. The molecule has 21 heavy (non-hydrogen) atoms. The molecule has 1 atom stereocenters. The van der Waals surface area contributed by atoms with E-state index in [2.05, 4.69) is 9.71 Å². The number of aryl methyl sites for hydroxylation is 1. The van der Waals surface area contributed by atoms with Crippen LogP contribution >= 0.6 is 0 Å². The van der Waals surface area contributed by atoms with Crippen molar-refractivity contribution in [2.45, 2.75) is 32.2 Å². The van der Waals surface area contributed by atoms with Crippen molar-refractivity contribution in [1.82, 2.24) is 9.71 Å². The van der Waals surface area contributed by atoms with Gasteiger partial charge in [-0.3, -0.25) is 0 Å². The molecule has 2 rings (SSSR count). The van der Waals surface area contributed by atoms with Crippen molar-refractivity contribution in [2.75, 3.05) is 0 Å². The number of sulfonamides is 1. The van der Waals surface area contributed by atoms with Crippen LogP contribution in [0, 0.1) is 6.92 Å². The van der Waals surface area contributed by atoms with Gasteiger partial charge in [0.2, 0.25) is 15.9 Å². The van der Waals surface area contributed by atoms with E-state index in [0.717, 1.165) is 0 Å². The molecule has 0 bridgehead atoms. The van der Waals surface area contributed by atoms with Gasteiger partial charge in [0.15, 0.2) is 0 Å². The second-order valence-corrected chi connectivity index (χ2v) is 6.64. The molecule has 0 aliphatic carbocycles. The second-order valence-electron chi connectivity index (χ2n) is 4.89. The Bertz CT molecular complexity index is 709. The third-order valence-corrected chi connectivity index (χ3v) is 4.32. The average Bonchev–Trinajstić information content (AvgIpc) is 2.84. The van der Waals surface area contributed by atoms with Gasteiger partial charge in [-0.05, 0) is 25.0 Å². The molecule has 2 aromatic rings. The molecule has 0 fully saturated rings. The number of aromatic nitrogens is 1. The van der Waals surface area contributed by atoms with Crippen LogP contribution in [0.25, 0.3) is 0 Å². The highest BCUT2D eigenvalue weighted by molar-refractivity contribution is 7.88. The molecule has 1 heterocycles. The maximum absolute atomic E-state index is 12.1. The fourth-order valence-corrected chi connectivity index (χ4v) is 3.31. The van der Waals surface area contributed by atoms with E-state index in [1.165, 1.54) is 0 Å². The Hall–Kier alpha value is -1.70. The van der Waals surface area contributed by atoms with Crippen LogP contribution in [0.4, 0.5) is 0 Å². The summed E-state index contributed by atoms with van der Waals surface area (Å²) in [4.78, 5) is 4.01. The van der Waals surface area contributed by atoms with Gasteiger partial charge in [-0.15, -0.1) is 0 Å². The minimum Gasteiger partial charge on any atom is -0.444 e. The van der Waals surface area contributed by atoms with Crippen molar-refractivity contribution >= 4 is 10.0 Å². The topological polar surface area (TPSA) is 92.4 Å². The number of oxazole rings is 1. The Labute approximate surface area is 123 Å². The molecular formula is C14H18N2O4S. The molecule has 0 aliphatic heterocycles. The minimum atomic E-state index is -3.53. The van der Waals surface area contributed by atoms with Crippen LogP contribution < -0.4 is 4.72 Å². The number of rotatable bonds is 6. The number of benzene rings is 1. The van der Waals surface area contributed by atoms with E-state index in [4.69, 9.17) is 9.52 Å². The summed E-state index contributed by atoms with van der Waals surface area (Å²) in [6.45, 7) is 3.30. The van der Waals surface area contributed by atoms with Crippen molar-refractivity contribution in [3.63, 3.8) is 0 Å². The fraction of sp³-hybridized carbons (Fsp3) is 0.357. The quantitative estimate of drug-likeness (QED) is 0.846. The first-order valence-corrected chi connectivity index (χ1v) is 8.16. The summed E-state index contributed by atoms with van der Waals surface area (Å²) in [6.07, 6.45) is 1.55. The number of aliphatic hydroxyl groups excluding tert-OH is 1.